The SMILES string of the molecule is C=C(C)N(CC)Cc1ccccc1C1(CCC)CC1CCC. The van der Waals surface area contributed by atoms with Crippen LogP contribution in [0.25, 0.3) is 0 Å². The second-order valence-corrected chi connectivity index (χ2v) is 7.00. The van der Waals surface area contributed by atoms with Gasteiger partial charge >= 0.3 is 0 Å². The molecule has 22 heavy (non-hydrogen) atoms. The van der Waals surface area contributed by atoms with Gasteiger partial charge in [-0.2, -0.15) is 0 Å². The number of hydrogen-bond acceptors (Lipinski definition) is 1. The minimum absolute atomic E-state index is 0.468. The van der Waals surface area contributed by atoms with E-state index in [1.165, 1.54) is 43.4 Å². The van der Waals surface area contributed by atoms with Gasteiger partial charge in [0.05, 0.1) is 0 Å². The molecular weight excluding hydrogens is 266 g/mol. The first-order valence-corrected chi connectivity index (χ1v) is 9.07. The molecule has 2 rings (SSSR count). The summed E-state index contributed by atoms with van der Waals surface area (Å²) in [6, 6.07) is 9.16. The number of rotatable bonds is 9. The van der Waals surface area contributed by atoms with Crippen LogP contribution in [0.5, 0.6) is 0 Å². The van der Waals surface area contributed by atoms with Gasteiger partial charge in [-0.1, -0.05) is 57.5 Å². The lowest BCUT2D eigenvalue weighted by Crippen LogP contribution is -2.23. The molecule has 0 saturated heterocycles. The normalized spacial score (nSPS) is 23.4. The zero-order valence-corrected chi connectivity index (χ0v) is 15.0. The minimum atomic E-state index is 0.468. The molecule has 1 aromatic rings. The van der Waals surface area contributed by atoms with Gasteiger partial charge in [-0.15, -0.1) is 0 Å². The molecule has 122 valence electrons. The number of hydrogen-bond donors (Lipinski definition) is 0. The van der Waals surface area contributed by atoms with Gasteiger partial charge < -0.3 is 4.90 Å². The Morgan fingerprint density at radius 3 is 2.55 bits per heavy atom. The quantitative estimate of drug-likeness (QED) is 0.548. The van der Waals surface area contributed by atoms with Crippen molar-refractivity contribution in [3.8, 4) is 0 Å². The largest absolute Gasteiger partial charge is 0.371 e. The first-order chi connectivity index (χ1) is 10.6. The van der Waals surface area contributed by atoms with Crippen LogP contribution in [0.1, 0.15) is 70.9 Å². The Balaban J connectivity index is 2.29. The van der Waals surface area contributed by atoms with Gasteiger partial charge in [-0.3, -0.25) is 0 Å². The maximum Gasteiger partial charge on any atom is 0.0429 e. The number of nitrogens with zero attached hydrogens (tertiary/aromatic N) is 1. The summed E-state index contributed by atoms with van der Waals surface area (Å²) in [5.41, 5.74) is 4.77. The standard InChI is InChI=1S/C21H33N/c1-6-11-19-15-21(19,14-7-2)20-13-10-9-12-18(20)16-22(8-3)17(4)5/h9-10,12-13,19H,4,6-8,11,14-16H2,1-3,5H3. The average molecular weight is 300 g/mol. The monoisotopic (exact) mass is 299 g/mol. The summed E-state index contributed by atoms with van der Waals surface area (Å²) < 4.78 is 0. The molecule has 1 aromatic carbocycles. The summed E-state index contributed by atoms with van der Waals surface area (Å²) >= 11 is 0. The summed E-state index contributed by atoms with van der Waals surface area (Å²) in [4.78, 5) is 2.38. The van der Waals surface area contributed by atoms with Crippen molar-refractivity contribution in [3.05, 3.63) is 47.7 Å². The van der Waals surface area contributed by atoms with Crippen LogP contribution in [0.3, 0.4) is 0 Å². The molecule has 1 nitrogen and oxygen atoms in total. The van der Waals surface area contributed by atoms with Gasteiger partial charge in [-0.25, -0.2) is 0 Å². The molecule has 0 amide bonds. The van der Waals surface area contributed by atoms with Crippen molar-refractivity contribution in [2.24, 2.45) is 5.92 Å². The van der Waals surface area contributed by atoms with Crippen LogP contribution in [0, 0.1) is 5.92 Å². The maximum absolute atomic E-state index is 4.14. The molecule has 1 heteroatoms. The van der Waals surface area contributed by atoms with Crippen molar-refractivity contribution in [3.63, 3.8) is 0 Å². The molecule has 0 aliphatic heterocycles. The van der Waals surface area contributed by atoms with Gasteiger partial charge in [-0.05, 0) is 55.6 Å². The Kier molecular flexibility index (Phi) is 5.72. The molecule has 1 aliphatic rings. The summed E-state index contributed by atoms with van der Waals surface area (Å²) in [5, 5.41) is 0. The first kappa shape index (κ1) is 17.1. The highest BCUT2D eigenvalue weighted by Gasteiger charge is 2.53. The fourth-order valence-corrected chi connectivity index (χ4v) is 4.19. The van der Waals surface area contributed by atoms with E-state index in [4.69, 9.17) is 0 Å². The average Bonchev–Trinajstić information content (AvgIpc) is 3.19. The zero-order chi connectivity index (χ0) is 16.2. The number of allylic oxidation sites excluding steroid dienone is 1. The van der Waals surface area contributed by atoms with Gasteiger partial charge in [0, 0.05) is 18.8 Å². The lowest BCUT2D eigenvalue weighted by molar-refractivity contribution is 0.354. The third kappa shape index (κ3) is 3.39. The molecule has 2 atom stereocenters. The van der Waals surface area contributed by atoms with E-state index in [1.807, 2.05) is 0 Å². The highest BCUT2D eigenvalue weighted by molar-refractivity contribution is 5.40. The van der Waals surface area contributed by atoms with Crippen molar-refractivity contribution in [2.75, 3.05) is 6.54 Å². The molecule has 0 spiro atoms. The van der Waals surface area contributed by atoms with E-state index in [-0.39, 0.29) is 0 Å². The van der Waals surface area contributed by atoms with E-state index >= 15 is 0 Å². The second-order valence-electron chi connectivity index (χ2n) is 7.00. The topological polar surface area (TPSA) is 3.24 Å². The predicted molar refractivity (Wildman–Crippen MR) is 96.9 cm³/mol. The molecule has 0 radical (unpaired) electrons. The maximum atomic E-state index is 4.14. The molecule has 1 saturated carbocycles. The van der Waals surface area contributed by atoms with Gasteiger partial charge in [0.2, 0.25) is 0 Å². The first-order valence-electron chi connectivity index (χ1n) is 9.07. The van der Waals surface area contributed by atoms with Gasteiger partial charge in [0.25, 0.3) is 0 Å². The van der Waals surface area contributed by atoms with Crippen LogP contribution in [0.4, 0.5) is 0 Å². The Hall–Kier alpha value is -1.24. The van der Waals surface area contributed by atoms with Crippen molar-refractivity contribution in [1.82, 2.24) is 4.90 Å². The summed E-state index contributed by atoms with van der Waals surface area (Å²) in [5.74, 6) is 0.901. The Morgan fingerprint density at radius 2 is 1.95 bits per heavy atom. The second kappa shape index (κ2) is 7.35. The van der Waals surface area contributed by atoms with Gasteiger partial charge in [0.15, 0.2) is 0 Å². The molecule has 1 fully saturated rings. The molecule has 1 aliphatic carbocycles. The van der Waals surface area contributed by atoms with Crippen LogP contribution in [0.2, 0.25) is 0 Å². The third-order valence-electron chi connectivity index (χ3n) is 5.40. The Morgan fingerprint density at radius 1 is 1.23 bits per heavy atom. The predicted octanol–water partition coefficient (Wildman–Crippen LogP) is 5.90. The van der Waals surface area contributed by atoms with Crippen molar-refractivity contribution < 1.29 is 0 Å². The van der Waals surface area contributed by atoms with Crippen molar-refractivity contribution >= 4 is 0 Å². The molecule has 0 N–H and O–H groups in total. The van der Waals surface area contributed by atoms with Crippen molar-refractivity contribution in [2.45, 2.75) is 71.8 Å². The molecule has 0 heterocycles. The van der Waals surface area contributed by atoms with E-state index < -0.39 is 0 Å². The highest BCUT2D eigenvalue weighted by Crippen LogP contribution is 2.60. The summed E-state index contributed by atoms with van der Waals surface area (Å²) in [7, 11) is 0. The van der Waals surface area contributed by atoms with E-state index in [1.54, 1.807) is 5.56 Å². The molecular formula is C21H33N. The zero-order valence-electron chi connectivity index (χ0n) is 15.0. The molecule has 0 aromatic heterocycles. The summed E-state index contributed by atoms with van der Waals surface area (Å²) in [6.45, 7) is 15.2. The van der Waals surface area contributed by atoms with Crippen LogP contribution < -0.4 is 0 Å². The van der Waals surface area contributed by atoms with Crippen LogP contribution in [-0.2, 0) is 12.0 Å². The summed E-state index contributed by atoms with van der Waals surface area (Å²) in [6.07, 6.45) is 6.71. The molecule has 2 unspecified atom stereocenters. The van der Waals surface area contributed by atoms with E-state index in [0.29, 0.717) is 5.41 Å². The molecule has 0 bridgehead atoms. The van der Waals surface area contributed by atoms with E-state index in [9.17, 15) is 0 Å². The van der Waals surface area contributed by atoms with E-state index in [0.717, 1.165) is 19.0 Å². The Labute approximate surface area is 137 Å². The third-order valence-corrected chi connectivity index (χ3v) is 5.40. The van der Waals surface area contributed by atoms with Gasteiger partial charge in [0.1, 0.15) is 0 Å². The smallest absolute Gasteiger partial charge is 0.0429 e. The lowest BCUT2D eigenvalue weighted by Gasteiger charge is -2.27. The van der Waals surface area contributed by atoms with Crippen molar-refractivity contribution in [1.29, 1.82) is 0 Å². The van der Waals surface area contributed by atoms with Crippen LogP contribution in [-0.4, -0.2) is 11.4 Å². The fourth-order valence-electron chi connectivity index (χ4n) is 4.19. The number of benzene rings is 1. The van der Waals surface area contributed by atoms with Crippen LogP contribution in [0.15, 0.2) is 36.5 Å². The fraction of sp³-hybridized carbons (Fsp3) is 0.619. The highest BCUT2D eigenvalue weighted by atomic mass is 15.1. The lowest BCUT2D eigenvalue weighted by atomic mass is 9.84. The van der Waals surface area contributed by atoms with Crippen LogP contribution >= 0.6 is 0 Å². The Bertz CT molecular complexity index is 504. The minimum Gasteiger partial charge on any atom is -0.371 e. The van der Waals surface area contributed by atoms with E-state index in [2.05, 4.69) is 63.4 Å².